The molecular weight excluding hydrogens is 227 g/mol. The van der Waals surface area contributed by atoms with Crippen molar-refractivity contribution in [3.8, 4) is 0 Å². The average Bonchev–Trinajstić information content (AvgIpc) is 2.36. The van der Waals surface area contributed by atoms with Crippen molar-refractivity contribution in [2.75, 3.05) is 12.8 Å². The van der Waals surface area contributed by atoms with Crippen LogP contribution in [0.15, 0.2) is 30.3 Å². The number of rotatable bonds is 8. The molecule has 0 spiro atoms. The van der Waals surface area contributed by atoms with Gasteiger partial charge in [-0.3, -0.25) is 0 Å². The molecule has 0 saturated heterocycles. The molecule has 0 heterocycles. The van der Waals surface area contributed by atoms with Gasteiger partial charge in [0.05, 0.1) is 6.10 Å². The molecule has 0 amide bonds. The van der Waals surface area contributed by atoms with E-state index in [4.69, 9.17) is 0 Å². The van der Waals surface area contributed by atoms with E-state index in [0.717, 1.165) is 12.6 Å². The third-order valence-electron chi connectivity index (χ3n) is 3.07. The van der Waals surface area contributed by atoms with Crippen molar-refractivity contribution in [2.45, 2.75) is 45.1 Å². The van der Waals surface area contributed by atoms with E-state index in [2.05, 4.69) is 37.9 Å². The van der Waals surface area contributed by atoms with Crippen LogP contribution in [-0.2, 0) is 0 Å². The number of aliphatic hydroxyl groups excluding tert-OH is 1. The first-order valence-corrected chi connectivity index (χ1v) is 8.65. The molecule has 0 bridgehead atoms. The Morgan fingerprint density at radius 2 is 1.82 bits per heavy atom. The van der Waals surface area contributed by atoms with Gasteiger partial charge in [-0.25, -0.2) is 0 Å². The summed E-state index contributed by atoms with van der Waals surface area (Å²) in [4.78, 5) is 0. The number of unbranched alkanes of at least 4 members (excludes halogenated alkanes) is 3. The molecule has 1 nitrogen and oxygen atoms in total. The fraction of sp³-hybridized carbons (Fsp3) is 0.600. The van der Waals surface area contributed by atoms with Gasteiger partial charge in [0.2, 0.25) is 0 Å². The summed E-state index contributed by atoms with van der Waals surface area (Å²) in [5, 5.41) is 11.4. The highest BCUT2D eigenvalue weighted by atomic mass is 31.1. The number of hydrogen-bond acceptors (Lipinski definition) is 1. The highest BCUT2D eigenvalue weighted by Gasteiger charge is 2.10. The van der Waals surface area contributed by atoms with Crippen LogP contribution in [0.2, 0.25) is 0 Å². The molecule has 2 atom stereocenters. The standard InChI is InChI=1S/C15H25OP/c1-3-4-5-7-10-14(16)13-17(2)15-11-8-6-9-12-15/h6,8-9,11-12,14,16H,3-5,7,10,13H2,1-2H3/t14-,17+/m1/s1. The molecule has 2 heteroatoms. The number of aliphatic hydroxyl groups is 1. The van der Waals surface area contributed by atoms with Crippen LogP contribution in [-0.4, -0.2) is 24.0 Å². The van der Waals surface area contributed by atoms with Crippen molar-refractivity contribution in [2.24, 2.45) is 0 Å². The summed E-state index contributed by atoms with van der Waals surface area (Å²) in [5.74, 6) is 0. The van der Waals surface area contributed by atoms with Gasteiger partial charge in [0, 0.05) is 0 Å². The molecule has 0 aliphatic carbocycles. The first kappa shape index (κ1) is 14.7. The van der Waals surface area contributed by atoms with Crippen LogP contribution in [0, 0.1) is 0 Å². The van der Waals surface area contributed by atoms with E-state index in [0.29, 0.717) is 0 Å². The van der Waals surface area contributed by atoms with Crippen molar-refractivity contribution in [3.63, 3.8) is 0 Å². The van der Waals surface area contributed by atoms with Crippen molar-refractivity contribution in [1.29, 1.82) is 0 Å². The Morgan fingerprint density at radius 1 is 1.12 bits per heavy atom. The Hall–Kier alpha value is -0.390. The monoisotopic (exact) mass is 252 g/mol. The van der Waals surface area contributed by atoms with E-state index >= 15 is 0 Å². The van der Waals surface area contributed by atoms with E-state index in [9.17, 15) is 5.11 Å². The van der Waals surface area contributed by atoms with Gasteiger partial charge in [-0.1, -0.05) is 70.9 Å². The molecule has 17 heavy (non-hydrogen) atoms. The topological polar surface area (TPSA) is 20.2 Å². The lowest BCUT2D eigenvalue weighted by Crippen LogP contribution is -2.15. The molecule has 0 radical (unpaired) electrons. The highest BCUT2D eigenvalue weighted by molar-refractivity contribution is 7.64. The normalized spacial score (nSPS) is 14.5. The molecule has 0 aliphatic rings. The van der Waals surface area contributed by atoms with Gasteiger partial charge in [0.1, 0.15) is 0 Å². The second-order valence-electron chi connectivity index (χ2n) is 4.72. The van der Waals surface area contributed by atoms with Crippen LogP contribution in [0.1, 0.15) is 39.0 Å². The summed E-state index contributed by atoms with van der Waals surface area (Å²) in [6.07, 6.45) is 6.81. The van der Waals surface area contributed by atoms with Gasteiger partial charge in [0.25, 0.3) is 0 Å². The number of benzene rings is 1. The Kier molecular flexibility index (Phi) is 7.48. The lowest BCUT2D eigenvalue weighted by molar-refractivity contribution is 0.184. The predicted octanol–water partition coefficient (Wildman–Crippen LogP) is 3.75. The van der Waals surface area contributed by atoms with Crippen LogP contribution in [0.25, 0.3) is 0 Å². The summed E-state index contributed by atoms with van der Waals surface area (Å²) in [6.45, 7) is 4.48. The van der Waals surface area contributed by atoms with Crippen molar-refractivity contribution in [3.05, 3.63) is 30.3 Å². The molecule has 0 aliphatic heterocycles. The Morgan fingerprint density at radius 3 is 2.47 bits per heavy atom. The fourth-order valence-corrected chi connectivity index (χ4v) is 3.71. The zero-order chi connectivity index (χ0) is 12.5. The van der Waals surface area contributed by atoms with Gasteiger partial charge in [-0.15, -0.1) is 0 Å². The number of hydrogen-bond donors (Lipinski definition) is 1. The molecule has 96 valence electrons. The first-order chi connectivity index (χ1) is 8.24. The first-order valence-electron chi connectivity index (χ1n) is 6.68. The van der Waals surface area contributed by atoms with Gasteiger partial charge >= 0.3 is 0 Å². The van der Waals surface area contributed by atoms with Crippen molar-refractivity contribution >= 4 is 13.2 Å². The van der Waals surface area contributed by atoms with E-state index in [-0.39, 0.29) is 14.0 Å². The van der Waals surface area contributed by atoms with E-state index in [1.54, 1.807) is 0 Å². The molecule has 0 saturated carbocycles. The lowest BCUT2D eigenvalue weighted by Gasteiger charge is -2.17. The summed E-state index contributed by atoms with van der Waals surface area (Å²) in [5.41, 5.74) is 0. The van der Waals surface area contributed by atoms with Gasteiger partial charge in [-0.05, 0) is 24.6 Å². The van der Waals surface area contributed by atoms with E-state index in [1.807, 2.05) is 6.07 Å². The van der Waals surface area contributed by atoms with E-state index in [1.165, 1.54) is 31.0 Å². The molecule has 0 unspecified atom stereocenters. The maximum atomic E-state index is 10.00. The summed E-state index contributed by atoms with van der Waals surface area (Å²) < 4.78 is 0. The van der Waals surface area contributed by atoms with E-state index < -0.39 is 0 Å². The van der Waals surface area contributed by atoms with Crippen LogP contribution < -0.4 is 5.30 Å². The van der Waals surface area contributed by atoms with Gasteiger partial charge in [0.15, 0.2) is 0 Å². The average molecular weight is 252 g/mol. The molecule has 0 aromatic heterocycles. The Balaban J connectivity index is 2.24. The minimum absolute atomic E-state index is 0.108. The third kappa shape index (κ3) is 6.19. The Labute approximate surface area is 107 Å². The zero-order valence-corrected chi connectivity index (χ0v) is 12.0. The van der Waals surface area contributed by atoms with Crippen LogP contribution >= 0.6 is 7.92 Å². The van der Waals surface area contributed by atoms with Crippen LogP contribution in [0.3, 0.4) is 0 Å². The SMILES string of the molecule is CCCCCC[C@@H](O)C[P@](C)c1ccccc1. The van der Waals surface area contributed by atoms with Gasteiger partial charge in [-0.2, -0.15) is 0 Å². The highest BCUT2D eigenvalue weighted by Crippen LogP contribution is 2.31. The largest absolute Gasteiger partial charge is 0.393 e. The molecule has 1 aromatic carbocycles. The quantitative estimate of drug-likeness (QED) is 0.552. The predicted molar refractivity (Wildman–Crippen MR) is 78.6 cm³/mol. The van der Waals surface area contributed by atoms with Crippen molar-refractivity contribution < 1.29 is 5.11 Å². The second-order valence-corrected chi connectivity index (χ2v) is 7.00. The smallest absolute Gasteiger partial charge is 0.0582 e. The third-order valence-corrected chi connectivity index (χ3v) is 5.22. The molecule has 1 aromatic rings. The van der Waals surface area contributed by atoms with Crippen LogP contribution in [0.5, 0.6) is 0 Å². The molecule has 0 fully saturated rings. The summed E-state index contributed by atoms with van der Waals surface area (Å²) in [6, 6.07) is 10.6. The molecule has 1 rings (SSSR count). The van der Waals surface area contributed by atoms with Crippen LogP contribution in [0.4, 0.5) is 0 Å². The summed E-state index contributed by atoms with van der Waals surface area (Å²) >= 11 is 0. The molecular formula is C15H25OP. The maximum Gasteiger partial charge on any atom is 0.0582 e. The van der Waals surface area contributed by atoms with Gasteiger partial charge < -0.3 is 5.11 Å². The minimum atomic E-state index is -0.190. The summed E-state index contributed by atoms with van der Waals surface area (Å²) in [7, 11) is -0.190. The van der Waals surface area contributed by atoms with Crippen molar-refractivity contribution in [1.82, 2.24) is 0 Å². The Bertz CT molecular complexity index is 286. The zero-order valence-electron chi connectivity index (χ0n) is 11.1. The molecule has 1 N–H and O–H groups in total. The second kappa shape index (κ2) is 8.66. The maximum absolute atomic E-state index is 10.00. The lowest BCUT2D eigenvalue weighted by atomic mass is 10.1. The fourth-order valence-electron chi connectivity index (χ4n) is 2.00. The minimum Gasteiger partial charge on any atom is -0.393 e.